The number of benzene rings is 2. The number of halogens is 1. The van der Waals surface area contributed by atoms with Crippen LogP contribution in [0.3, 0.4) is 0 Å². The van der Waals surface area contributed by atoms with Crippen LogP contribution in [-0.4, -0.2) is 6.26 Å². The van der Waals surface area contributed by atoms with Crippen LogP contribution < -0.4 is 10.5 Å². The zero-order valence-electron chi connectivity index (χ0n) is 11.2. The molecule has 0 saturated carbocycles. The minimum atomic E-state index is -0.273. The van der Waals surface area contributed by atoms with E-state index < -0.39 is 0 Å². The van der Waals surface area contributed by atoms with E-state index >= 15 is 0 Å². The van der Waals surface area contributed by atoms with Crippen LogP contribution in [0.5, 0.6) is 5.75 Å². The quantitative estimate of drug-likeness (QED) is 0.846. The molecule has 0 fully saturated rings. The van der Waals surface area contributed by atoms with Gasteiger partial charge in [0.05, 0.1) is 0 Å². The lowest BCUT2D eigenvalue weighted by Crippen LogP contribution is -2.24. The molecule has 0 saturated heterocycles. The molecule has 2 aromatic carbocycles. The van der Waals surface area contributed by atoms with E-state index in [-0.39, 0.29) is 18.0 Å². The van der Waals surface area contributed by atoms with E-state index in [9.17, 15) is 4.39 Å². The molecule has 1 heterocycles. The van der Waals surface area contributed by atoms with Gasteiger partial charge in [0.2, 0.25) is 0 Å². The van der Waals surface area contributed by atoms with Crippen LogP contribution in [0.4, 0.5) is 4.39 Å². The minimum absolute atomic E-state index is 0.0705. The summed E-state index contributed by atoms with van der Waals surface area (Å²) >= 11 is 1.71. The van der Waals surface area contributed by atoms with Crippen molar-refractivity contribution in [2.45, 2.75) is 23.5 Å². The number of hydrogen-bond acceptors (Lipinski definition) is 3. The monoisotopic (exact) mass is 289 g/mol. The van der Waals surface area contributed by atoms with Crippen molar-refractivity contribution < 1.29 is 9.13 Å². The molecule has 1 aliphatic heterocycles. The topological polar surface area (TPSA) is 35.2 Å². The van der Waals surface area contributed by atoms with Crippen LogP contribution in [0.1, 0.15) is 29.7 Å². The van der Waals surface area contributed by atoms with Gasteiger partial charge in [0, 0.05) is 22.9 Å². The second kappa shape index (κ2) is 5.46. The molecule has 2 N–H and O–H groups in total. The van der Waals surface area contributed by atoms with Gasteiger partial charge in [-0.15, -0.1) is 11.8 Å². The smallest absolute Gasteiger partial charge is 0.126 e. The highest BCUT2D eigenvalue weighted by atomic mass is 32.2. The molecule has 3 rings (SSSR count). The molecule has 1 unspecified atom stereocenters. The first-order chi connectivity index (χ1) is 9.67. The summed E-state index contributed by atoms with van der Waals surface area (Å²) in [7, 11) is 0. The summed E-state index contributed by atoms with van der Waals surface area (Å²) in [6.07, 6.45) is 2.64. The van der Waals surface area contributed by atoms with Gasteiger partial charge in [-0.1, -0.05) is 12.1 Å². The van der Waals surface area contributed by atoms with Crippen molar-refractivity contribution in [1.82, 2.24) is 0 Å². The van der Waals surface area contributed by atoms with Crippen molar-refractivity contribution in [3.8, 4) is 5.75 Å². The molecule has 4 heteroatoms. The Bertz CT molecular complexity index is 614. The van der Waals surface area contributed by atoms with E-state index in [0.717, 1.165) is 11.1 Å². The predicted octanol–water partition coefficient (Wildman–Crippen LogP) is 4.07. The lowest BCUT2D eigenvalue weighted by molar-refractivity contribution is 0.161. The van der Waals surface area contributed by atoms with E-state index in [1.807, 2.05) is 6.26 Å². The van der Waals surface area contributed by atoms with Crippen molar-refractivity contribution >= 4 is 11.8 Å². The van der Waals surface area contributed by atoms with Gasteiger partial charge >= 0.3 is 0 Å². The lowest BCUT2D eigenvalue weighted by Gasteiger charge is -2.30. The van der Waals surface area contributed by atoms with Crippen LogP contribution in [-0.2, 0) is 0 Å². The van der Waals surface area contributed by atoms with Crippen molar-refractivity contribution in [1.29, 1.82) is 0 Å². The third-order valence-corrected chi connectivity index (χ3v) is 4.34. The third-order valence-electron chi connectivity index (χ3n) is 3.60. The Morgan fingerprint density at radius 1 is 1.20 bits per heavy atom. The molecule has 0 aromatic heterocycles. The zero-order valence-corrected chi connectivity index (χ0v) is 12.0. The number of nitrogens with two attached hydrogens (primary N) is 1. The fourth-order valence-electron chi connectivity index (χ4n) is 2.50. The Hall–Kier alpha value is -1.52. The summed E-state index contributed by atoms with van der Waals surface area (Å²) in [4.78, 5) is 1.22. The summed E-state index contributed by atoms with van der Waals surface area (Å²) < 4.78 is 19.2. The van der Waals surface area contributed by atoms with Gasteiger partial charge < -0.3 is 10.5 Å². The SMILES string of the molecule is CSc1ccc(C2C[C@@H](N)c3cc(F)ccc3O2)cc1. The maximum Gasteiger partial charge on any atom is 0.126 e. The van der Waals surface area contributed by atoms with Crippen molar-refractivity contribution in [3.05, 3.63) is 59.4 Å². The summed E-state index contributed by atoms with van der Waals surface area (Å²) in [6.45, 7) is 0. The third kappa shape index (κ3) is 2.53. The Kier molecular flexibility index (Phi) is 3.68. The molecule has 20 heavy (non-hydrogen) atoms. The average Bonchev–Trinajstić information content (AvgIpc) is 2.48. The minimum Gasteiger partial charge on any atom is -0.485 e. The molecule has 1 aliphatic rings. The second-order valence-corrected chi connectivity index (χ2v) is 5.78. The first-order valence-electron chi connectivity index (χ1n) is 6.53. The van der Waals surface area contributed by atoms with Crippen molar-refractivity contribution in [2.24, 2.45) is 5.73 Å². The molecule has 2 nitrogen and oxygen atoms in total. The standard InChI is InChI=1S/C16H16FNOS/c1-20-12-5-2-10(3-6-12)16-9-14(18)13-8-11(17)4-7-15(13)19-16/h2-8,14,16H,9,18H2,1H3/t14-,16?/m1/s1. The van der Waals surface area contributed by atoms with Crippen LogP contribution in [0.2, 0.25) is 0 Å². The van der Waals surface area contributed by atoms with Gasteiger partial charge in [-0.3, -0.25) is 0 Å². The average molecular weight is 289 g/mol. The highest BCUT2D eigenvalue weighted by Crippen LogP contribution is 2.40. The summed E-state index contributed by atoms with van der Waals surface area (Å²) in [5, 5.41) is 0. The normalized spacial score (nSPS) is 21.1. The maximum absolute atomic E-state index is 13.3. The van der Waals surface area contributed by atoms with Crippen LogP contribution >= 0.6 is 11.8 Å². The van der Waals surface area contributed by atoms with Crippen LogP contribution in [0.25, 0.3) is 0 Å². The fraction of sp³-hybridized carbons (Fsp3) is 0.250. The van der Waals surface area contributed by atoms with Crippen LogP contribution in [0, 0.1) is 5.82 Å². The Morgan fingerprint density at radius 3 is 2.65 bits per heavy atom. The summed E-state index contributed by atoms with van der Waals surface area (Å²) in [5.41, 5.74) is 8.00. The molecule has 104 valence electrons. The second-order valence-electron chi connectivity index (χ2n) is 4.90. The molecule has 0 amide bonds. The van der Waals surface area contributed by atoms with E-state index in [4.69, 9.17) is 10.5 Å². The Balaban J connectivity index is 1.88. The molecule has 2 atom stereocenters. The molecule has 0 aliphatic carbocycles. The van der Waals surface area contributed by atoms with Gasteiger partial charge in [0.25, 0.3) is 0 Å². The highest BCUT2D eigenvalue weighted by Gasteiger charge is 2.27. The van der Waals surface area contributed by atoms with E-state index in [2.05, 4.69) is 24.3 Å². The zero-order chi connectivity index (χ0) is 14.1. The number of ether oxygens (including phenoxy) is 1. The maximum atomic E-state index is 13.3. The largest absolute Gasteiger partial charge is 0.485 e. The van der Waals surface area contributed by atoms with Crippen molar-refractivity contribution in [2.75, 3.05) is 6.26 Å². The van der Waals surface area contributed by atoms with Gasteiger partial charge in [-0.2, -0.15) is 0 Å². The number of hydrogen-bond donors (Lipinski definition) is 1. The first kappa shape index (κ1) is 13.5. The van der Waals surface area contributed by atoms with Gasteiger partial charge in [-0.05, 0) is 42.2 Å². The van der Waals surface area contributed by atoms with E-state index in [0.29, 0.717) is 12.2 Å². The first-order valence-corrected chi connectivity index (χ1v) is 7.75. The van der Waals surface area contributed by atoms with Gasteiger partial charge in [-0.25, -0.2) is 4.39 Å². The van der Waals surface area contributed by atoms with Crippen LogP contribution in [0.15, 0.2) is 47.4 Å². The molecule has 0 radical (unpaired) electrons. The number of thioether (sulfide) groups is 1. The Labute approximate surface area is 122 Å². The van der Waals surface area contributed by atoms with Crippen molar-refractivity contribution in [3.63, 3.8) is 0 Å². The number of fused-ring (bicyclic) bond motifs is 1. The molecule has 0 bridgehead atoms. The lowest BCUT2D eigenvalue weighted by atomic mass is 9.93. The fourth-order valence-corrected chi connectivity index (χ4v) is 2.91. The predicted molar refractivity (Wildman–Crippen MR) is 79.5 cm³/mol. The van der Waals surface area contributed by atoms with Gasteiger partial charge in [0.15, 0.2) is 0 Å². The molecule has 0 spiro atoms. The highest BCUT2D eigenvalue weighted by molar-refractivity contribution is 7.98. The van der Waals surface area contributed by atoms with Gasteiger partial charge in [0.1, 0.15) is 17.7 Å². The molecular formula is C16H16FNOS. The van der Waals surface area contributed by atoms with E-state index in [1.54, 1.807) is 17.8 Å². The molecule has 2 aromatic rings. The summed E-state index contributed by atoms with van der Waals surface area (Å²) in [5.74, 6) is 0.412. The summed E-state index contributed by atoms with van der Waals surface area (Å²) in [6, 6.07) is 12.6. The van der Waals surface area contributed by atoms with E-state index in [1.165, 1.54) is 17.0 Å². The Morgan fingerprint density at radius 2 is 1.95 bits per heavy atom. The number of rotatable bonds is 2. The molecular weight excluding hydrogens is 273 g/mol.